The topological polar surface area (TPSA) is 57.8 Å². The summed E-state index contributed by atoms with van der Waals surface area (Å²) in [6.45, 7) is 6.17. The second-order valence-electron chi connectivity index (χ2n) is 4.89. The molecular weight excluding hydrogens is 250 g/mol. The number of anilines is 1. The summed E-state index contributed by atoms with van der Waals surface area (Å²) in [5.41, 5.74) is 2.39. The highest BCUT2D eigenvalue weighted by Crippen LogP contribution is 2.18. The van der Waals surface area contributed by atoms with Gasteiger partial charge in [0.05, 0.1) is 0 Å². The molecule has 0 fully saturated rings. The highest BCUT2D eigenvalue weighted by molar-refractivity contribution is 5.38. The van der Waals surface area contributed by atoms with Crippen molar-refractivity contribution < 1.29 is 0 Å². The smallest absolute Gasteiger partial charge is 0.252 e. The van der Waals surface area contributed by atoms with Gasteiger partial charge in [-0.15, -0.1) is 0 Å². The molecule has 2 rings (SSSR count). The minimum absolute atomic E-state index is 0.111. The van der Waals surface area contributed by atoms with E-state index in [4.69, 9.17) is 0 Å². The first-order valence-corrected chi connectivity index (χ1v) is 7.08. The van der Waals surface area contributed by atoms with Gasteiger partial charge >= 0.3 is 0 Å². The summed E-state index contributed by atoms with van der Waals surface area (Å²) in [6.07, 6.45) is 1.75. The van der Waals surface area contributed by atoms with E-state index in [2.05, 4.69) is 53.4 Å². The van der Waals surface area contributed by atoms with E-state index < -0.39 is 0 Å². The number of hydrogen-bond acceptors (Lipinski definition) is 3. The van der Waals surface area contributed by atoms with Gasteiger partial charge in [0.1, 0.15) is 11.6 Å². The molecule has 1 atom stereocenters. The summed E-state index contributed by atoms with van der Waals surface area (Å²) in [7, 11) is 0. The molecule has 0 aliphatic rings. The Balaban J connectivity index is 2.15. The minimum Gasteiger partial charge on any atom is -0.363 e. The Hall–Kier alpha value is -2.10. The van der Waals surface area contributed by atoms with Gasteiger partial charge in [-0.2, -0.15) is 0 Å². The summed E-state index contributed by atoms with van der Waals surface area (Å²) in [5.74, 6) is 1.33. The Kier molecular flexibility index (Phi) is 4.56. The number of H-pyrrole nitrogens is 1. The van der Waals surface area contributed by atoms with Gasteiger partial charge in [0.15, 0.2) is 0 Å². The highest BCUT2D eigenvalue weighted by Gasteiger charge is 2.07. The Morgan fingerprint density at radius 1 is 1.20 bits per heavy atom. The number of nitrogens with one attached hydrogen (secondary N) is 2. The van der Waals surface area contributed by atoms with Crippen LogP contribution in [-0.2, 0) is 12.8 Å². The lowest BCUT2D eigenvalue weighted by Crippen LogP contribution is -2.15. The van der Waals surface area contributed by atoms with E-state index >= 15 is 0 Å². The number of aromatic amines is 1. The van der Waals surface area contributed by atoms with E-state index in [1.807, 2.05) is 6.92 Å². The third kappa shape index (κ3) is 3.47. The van der Waals surface area contributed by atoms with Gasteiger partial charge in [-0.05, 0) is 24.5 Å². The molecule has 2 N–H and O–H groups in total. The van der Waals surface area contributed by atoms with E-state index in [9.17, 15) is 4.79 Å². The first-order chi connectivity index (χ1) is 9.62. The molecule has 0 bridgehead atoms. The lowest BCUT2D eigenvalue weighted by molar-refractivity contribution is 0.850. The highest BCUT2D eigenvalue weighted by atomic mass is 16.1. The van der Waals surface area contributed by atoms with Crippen molar-refractivity contribution in [1.82, 2.24) is 9.97 Å². The number of aromatic nitrogens is 2. The Bertz CT molecular complexity index is 616. The third-order valence-corrected chi connectivity index (χ3v) is 3.38. The summed E-state index contributed by atoms with van der Waals surface area (Å²) >= 11 is 0. The molecule has 20 heavy (non-hydrogen) atoms. The molecule has 0 saturated carbocycles. The molecule has 0 saturated heterocycles. The van der Waals surface area contributed by atoms with Crippen molar-refractivity contribution in [2.24, 2.45) is 0 Å². The maximum atomic E-state index is 11.5. The van der Waals surface area contributed by atoms with Crippen LogP contribution in [0.15, 0.2) is 35.1 Å². The molecule has 0 radical (unpaired) electrons. The van der Waals surface area contributed by atoms with Crippen molar-refractivity contribution in [2.75, 3.05) is 5.32 Å². The van der Waals surface area contributed by atoms with Crippen molar-refractivity contribution in [3.05, 3.63) is 57.6 Å². The lowest BCUT2D eigenvalue weighted by Gasteiger charge is -2.15. The van der Waals surface area contributed by atoms with Gasteiger partial charge in [-0.1, -0.05) is 38.1 Å². The molecule has 1 unspecified atom stereocenters. The van der Waals surface area contributed by atoms with Crippen molar-refractivity contribution in [3.8, 4) is 0 Å². The fourth-order valence-corrected chi connectivity index (χ4v) is 2.10. The van der Waals surface area contributed by atoms with Crippen LogP contribution in [0.2, 0.25) is 0 Å². The predicted octanol–water partition coefficient (Wildman–Crippen LogP) is 3.07. The predicted molar refractivity (Wildman–Crippen MR) is 82.1 cm³/mol. The van der Waals surface area contributed by atoms with Crippen LogP contribution in [0, 0.1) is 0 Å². The number of aryl methyl sites for hydroxylation is 2. The van der Waals surface area contributed by atoms with Crippen LogP contribution in [-0.4, -0.2) is 9.97 Å². The SMILES string of the molecule is CCc1ccc(C(C)Nc2cc(=O)[nH]c(CC)n2)cc1. The maximum Gasteiger partial charge on any atom is 0.252 e. The van der Waals surface area contributed by atoms with Gasteiger partial charge in [-0.25, -0.2) is 4.98 Å². The number of rotatable bonds is 5. The standard InChI is InChI=1S/C16H21N3O/c1-4-12-6-8-13(9-7-12)11(3)17-15-10-16(20)19-14(5-2)18-15/h6-11H,4-5H2,1-3H3,(H2,17,18,19,20). The summed E-state index contributed by atoms with van der Waals surface area (Å²) in [4.78, 5) is 18.6. The molecule has 0 aliphatic carbocycles. The molecule has 1 aromatic carbocycles. The van der Waals surface area contributed by atoms with Crippen LogP contribution in [0.4, 0.5) is 5.82 Å². The second-order valence-corrected chi connectivity index (χ2v) is 4.89. The average Bonchev–Trinajstić information content (AvgIpc) is 2.46. The zero-order valence-electron chi connectivity index (χ0n) is 12.2. The molecule has 0 aliphatic heterocycles. The van der Waals surface area contributed by atoms with E-state index in [-0.39, 0.29) is 11.6 Å². The number of nitrogens with zero attached hydrogens (tertiary/aromatic N) is 1. The van der Waals surface area contributed by atoms with E-state index in [1.54, 1.807) is 0 Å². The molecule has 2 aromatic rings. The van der Waals surface area contributed by atoms with Crippen molar-refractivity contribution in [3.63, 3.8) is 0 Å². The maximum absolute atomic E-state index is 11.5. The molecule has 1 heterocycles. The molecule has 1 aromatic heterocycles. The van der Waals surface area contributed by atoms with Gasteiger partial charge in [0.2, 0.25) is 0 Å². The van der Waals surface area contributed by atoms with Crippen LogP contribution in [0.25, 0.3) is 0 Å². The fraction of sp³-hybridized carbons (Fsp3) is 0.375. The normalized spacial score (nSPS) is 12.2. The second kappa shape index (κ2) is 6.37. The average molecular weight is 271 g/mol. The molecule has 106 valence electrons. The van der Waals surface area contributed by atoms with Crippen molar-refractivity contribution in [1.29, 1.82) is 0 Å². The first-order valence-electron chi connectivity index (χ1n) is 7.08. The summed E-state index contributed by atoms with van der Waals surface area (Å²) in [6, 6.07) is 10.1. The molecule has 0 spiro atoms. The van der Waals surface area contributed by atoms with E-state index in [0.717, 1.165) is 6.42 Å². The molecule has 4 nitrogen and oxygen atoms in total. The molecule has 4 heteroatoms. The quantitative estimate of drug-likeness (QED) is 0.878. The van der Waals surface area contributed by atoms with Crippen molar-refractivity contribution in [2.45, 2.75) is 39.7 Å². The number of hydrogen-bond donors (Lipinski definition) is 2. The third-order valence-electron chi connectivity index (χ3n) is 3.38. The van der Waals surface area contributed by atoms with Crippen molar-refractivity contribution >= 4 is 5.82 Å². The van der Waals surface area contributed by atoms with Gasteiger partial charge < -0.3 is 10.3 Å². The molecular formula is C16H21N3O. The largest absolute Gasteiger partial charge is 0.363 e. The molecule has 0 amide bonds. The van der Waals surface area contributed by atoms with Crippen LogP contribution in [0.3, 0.4) is 0 Å². The number of benzene rings is 1. The fourth-order valence-electron chi connectivity index (χ4n) is 2.10. The minimum atomic E-state index is -0.118. The zero-order valence-corrected chi connectivity index (χ0v) is 12.2. The Morgan fingerprint density at radius 2 is 1.90 bits per heavy atom. The zero-order chi connectivity index (χ0) is 14.5. The van der Waals surface area contributed by atoms with Gasteiger partial charge in [0, 0.05) is 18.5 Å². The Morgan fingerprint density at radius 3 is 2.50 bits per heavy atom. The van der Waals surface area contributed by atoms with Crippen LogP contribution in [0.1, 0.15) is 43.8 Å². The van der Waals surface area contributed by atoms with Crippen LogP contribution >= 0.6 is 0 Å². The monoisotopic (exact) mass is 271 g/mol. The first kappa shape index (κ1) is 14.3. The Labute approximate surface area is 119 Å². The summed E-state index contributed by atoms with van der Waals surface area (Å²) < 4.78 is 0. The van der Waals surface area contributed by atoms with Crippen LogP contribution < -0.4 is 10.9 Å². The summed E-state index contributed by atoms with van der Waals surface area (Å²) in [5, 5.41) is 3.28. The lowest BCUT2D eigenvalue weighted by atomic mass is 10.1. The van der Waals surface area contributed by atoms with Gasteiger partial charge in [0.25, 0.3) is 5.56 Å². The van der Waals surface area contributed by atoms with Crippen LogP contribution in [0.5, 0.6) is 0 Å². The van der Waals surface area contributed by atoms with E-state index in [1.165, 1.54) is 17.2 Å². The van der Waals surface area contributed by atoms with Gasteiger partial charge in [-0.3, -0.25) is 4.79 Å². The van der Waals surface area contributed by atoms with E-state index in [0.29, 0.717) is 18.1 Å².